The first-order valence-corrected chi connectivity index (χ1v) is 7.20. The Morgan fingerprint density at radius 2 is 1.84 bits per heavy atom. The molecular formula is C16H27NO2. The van der Waals surface area contributed by atoms with Crippen LogP contribution in [0, 0.1) is 13.8 Å². The van der Waals surface area contributed by atoms with Crippen molar-refractivity contribution in [2.45, 2.75) is 53.2 Å². The third kappa shape index (κ3) is 5.21. The third-order valence-corrected chi connectivity index (χ3v) is 3.17. The van der Waals surface area contributed by atoms with Crippen LogP contribution in [0.25, 0.3) is 0 Å². The van der Waals surface area contributed by atoms with Gasteiger partial charge < -0.3 is 15.2 Å². The summed E-state index contributed by atoms with van der Waals surface area (Å²) >= 11 is 0. The molecule has 2 N–H and O–H groups in total. The fourth-order valence-electron chi connectivity index (χ4n) is 2.08. The van der Waals surface area contributed by atoms with Crippen LogP contribution in [0.15, 0.2) is 12.1 Å². The Morgan fingerprint density at radius 1 is 1.21 bits per heavy atom. The van der Waals surface area contributed by atoms with Crippen molar-refractivity contribution in [3.63, 3.8) is 0 Å². The molecule has 0 amide bonds. The molecule has 1 aromatic carbocycles. The van der Waals surface area contributed by atoms with Gasteiger partial charge >= 0.3 is 0 Å². The zero-order valence-corrected chi connectivity index (χ0v) is 12.6. The van der Waals surface area contributed by atoms with E-state index in [0.29, 0.717) is 6.61 Å². The van der Waals surface area contributed by atoms with E-state index in [9.17, 15) is 5.11 Å². The molecule has 19 heavy (non-hydrogen) atoms. The van der Waals surface area contributed by atoms with Gasteiger partial charge in [0.1, 0.15) is 12.4 Å². The van der Waals surface area contributed by atoms with Crippen LogP contribution < -0.4 is 10.1 Å². The highest BCUT2D eigenvalue weighted by Gasteiger charge is 2.08. The summed E-state index contributed by atoms with van der Waals surface area (Å²) in [6.45, 7) is 10.5. The Labute approximate surface area is 117 Å². The van der Waals surface area contributed by atoms with Crippen molar-refractivity contribution in [1.29, 1.82) is 0 Å². The summed E-state index contributed by atoms with van der Waals surface area (Å²) in [5.74, 6) is 0.909. The number of hydrogen-bond donors (Lipinski definition) is 2. The van der Waals surface area contributed by atoms with Gasteiger partial charge in [0, 0.05) is 6.54 Å². The largest absolute Gasteiger partial charge is 0.490 e. The van der Waals surface area contributed by atoms with Crippen LogP contribution in [0.5, 0.6) is 5.75 Å². The smallest absolute Gasteiger partial charge is 0.125 e. The highest BCUT2D eigenvalue weighted by Crippen LogP contribution is 2.25. The molecule has 0 saturated heterocycles. The van der Waals surface area contributed by atoms with Crippen LogP contribution in [0.2, 0.25) is 0 Å². The predicted octanol–water partition coefficient (Wildman–Crippen LogP) is 2.95. The van der Waals surface area contributed by atoms with Gasteiger partial charge in [-0.3, -0.25) is 0 Å². The van der Waals surface area contributed by atoms with Crippen molar-refractivity contribution in [2.24, 2.45) is 0 Å². The van der Waals surface area contributed by atoms with Gasteiger partial charge in [0.05, 0.1) is 6.10 Å². The molecule has 0 aliphatic rings. The Morgan fingerprint density at radius 3 is 2.37 bits per heavy atom. The maximum Gasteiger partial charge on any atom is 0.125 e. The molecule has 0 heterocycles. The number of hydrogen-bond acceptors (Lipinski definition) is 3. The second kappa shape index (κ2) is 8.18. The van der Waals surface area contributed by atoms with Crippen molar-refractivity contribution in [3.05, 3.63) is 28.8 Å². The Kier molecular flexibility index (Phi) is 6.89. The number of benzene rings is 1. The maximum atomic E-state index is 9.56. The van der Waals surface area contributed by atoms with E-state index in [0.717, 1.165) is 42.8 Å². The summed E-state index contributed by atoms with van der Waals surface area (Å²) < 4.78 is 5.73. The molecule has 0 aliphatic heterocycles. The maximum absolute atomic E-state index is 9.56. The topological polar surface area (TPSA) is 41.5 Å². The first kappa shape index (κ1) is 16.0. The van der Waals surface area contributed by atoms with Gasteiger partial charge in [0.2, 0.25) is 0 Å². The van der Waals surface area contributed by atoms with Gasteiger partial charge in [-0.15, -0.1) is 0 Å². The lowest BCUT2D eigenvalue weighted by atomic mass is 10.1. The summed E-state index contributed by atoms with van der Waals surface area (Å²) in [6.07, 6.45) is 1.48. The molecule has 0 saturated carbocycles. The van der Waals surface area contributed by atoms with Gasteiger partial charge in [-0.2, -0.15) is 0 Å². The number of aliphatic hydroxyl groups is 1. The van der Waals surface area contributed by atoms with E-state index < -0.39 is 0 Å². The quantitative estimate of drug-likeness (QED) is 0.710. The zero-order valence-electron chi connectivity index (χ0n) is 12.6. The summed E-state index contributed by atoms with van der Waals surface area (Å²) in [4.78, 5) is 0. The van der Waals surface area contributed by atoms with Crippen LogP contribution in [0.4, 0.5) is 0 Å². The summed E-state index contributed by atoms with van der Waals surface area (Å²) in [5.41, 5.74) is 3.56. The predicted molar refractivity (Wildman–Crippen MR) is 79.7 cm³/mol. The molecule has 1 aromatic rings. The second-order valence-corrected chi connectivity index (χ2v) is 5.11. The van der Waals surface area contributed by atoms with Gasteiger partial charge in [0.25, 0.3) is 0 Å². The molecule has 1 atom stereocenters. The van der Waals surface area contributed by atoms with Crippen LogP contribution >= 0.6 is 0 Å². The number of ether oxygens (including phenoxy) is 1. The van der Waals surface area contributed by atoms with E-state index in [-0.39, 0.29) is 6.10 Å². The van der Waals surface area contributed by atoms with E-state index in [1.807, 2.05) is 6.92 Å². The molecule has 0 fully saturated rings. The van der Waals surface area contributed by atoms with E-state index >= 15 is 0 Å². The molecule has 0 bridgehead atoms. The number of rotatable bonds is 8. The standard InChI is InChI=1S/C16H27NO2/c1-5-7-17-10-14-8-12(3)16(13(4)9-14)19-11-15(18)6-2/h8-9,15,17-18H,5-7,10-11H2,1-4H3. The second-order valence-electron chi connectivity index (χ2n) is 5.11. The zero-order chi connectivity index (χ0) is 14.3. The van der Waals surface area contributed by atoms with E-state index in [2.05, 4.69) is 38.2 Å². The minimum atomic E-state index is -0.385. The SMILES string of the molecule is CCCNCc1cc(C)c(OCC(O)CC)c(C)c1. The first-order chi connectivity index (χ1) is 9.08. The molecule has 1 unspecified atom stereocenters. The van der Waals surface area contributed by atoms with Crippen LogP contribution in [0.3, 0.4) is 0 Å². The average molecular weight is 265 g/mol. The summed E-state index contributed by atoms with van der Waals surface area (Å²) in [7, 11) is 0. The van der Waals surface area contributed by atoms with Gasteiger partial charge in [0.15, 0.2) is 0 Å². The van der Waals surface area contributed by atoms with Gasteiger partial charge in [-0.25, -0.2) is 0 Å². The van der Waals surface area contributed by atoms with E-state index in [1.54, 1.807) is 0 Å². The molecule has 1 rings (SSSR count). The van der Waals surface area contributed by atoms with Gasteiger partial charge in [-0.1, -0.05) is 26.0 Å². The first-order valence-electron chi connectivity index (χ1n) is 7.20. The van der Waals surface area contributed by atoms with Crippen molar-refractivity contribution in [1.82, 2.24) is 5.32 Å². The minimum absolute atomic E-state index is 0.367. The summed E-state index contributed by atoms with van der Waals surface area (Å²) in [6, 6.07) is 4.31. The fraction of sp³-hybridized carbons (Fsp3) is 0.625. The fourth-order valence-corrected chi connectivity index (χ4v) is 2.08. The van der Waals surface area contributed by atoms with Crippen LogP contribution in [-0.2, 0) is 6.54 Å². The van der Waals surface area contributed by atoms with E-state index in [1.165, 1.54) is 5.56 Å². The van der Waals surface area contributed by atoms with Crippen molar-refractivity contribution < 1.29 is 9.84 Å². The molecule has 0 aromatic heterocycles. The number of aliphatic hydroxyl groups excluding tert-OH is 1. The number of nitrogens with one attached hydrogen (secondary N) is 1. The normalized spacial score (nSPS) is 12.5. The lowest BCUT2D eigenvalue weighted by Crippen LogP contribution is -2.17. The lowest BCUT2D eigenvalue weighted by Gasteiger charge is -2.16. The van der Waals surface area contributed by atoms with Gasteiger partial charge in [-0.05, 0) is 49.9 Å². The Balaban J connectivity index is 2.68. The average Bonchev–Trinajstić information content (AvgIpc) is 2.37. The van der Waals surface area contributed by atoms with Crippen LogP contribution in [0.1, 0.15) is 43.4 Å². The molecular weight excluding hydrogens is 238 g/mol. The summed E-state index contributed by atoms with van der Waals surface area (Å²) in [5, 5.41) is 13.0. The molecule has 3 heteroatoms. The number of aryl methyl sites for hydroxylation is 2. The van der Waals surface area contributed by atoms with Crippen molar-refractivity contribution >= 4 is 0 Å². The lowest BCUT2D eigenvalue weighted by molar-refractivity contribution is 0.103. The Bertz CT molecular complexity index is 367. The highest BCUT2D eigenvalue weighted by atomic mass is 16.5. The monoisotopic (exact) mass is 265 g/mol. The molecule has 0 aliphatic carbocycles. The van der Waals surface area contributed by atoms with Crippen LogP contribution in [-0.4, -0.2) is 24.4 Å². The van der Waals surface area contributed by atoms with Crippen molar-refractivity contribution in [2.75, 3.05) is 13.2 Å². The molecule has 108 valence electrons. The minimum Gasteiger partial charge on any atom is -0.490 e. The molecule has 0 spiro atoms. The molecule has 0 radical (unpaired) electrons. The Hall–Kier alpha value is -1.06. The van der Waals surface area contributed by atoms with Crippen molar-refractivity contribution in [3.8, 4) is 5.75 Å². The third-order valence-electron chi connectivity index (χ3n) is 3.17. The highest BCUT2D eigenvalue weighted by molar-refractivity contribution is 5.43. The van der Waals surface area contributed by atoms with E-state index in [4.69, 9.17) is 4.74 Å². The molecule has 3 nitrogen and oxygen atoms in total.